The molecule has 0 saturated carbocycles. The first-order chi connectivity index (χ1) is 11.1. The maximum Gasteiger partial charge on any atom is 0.405 e. The fraction of sp³-hybridized carbons (Fsp3) is 0.611. The third-order valence-corrected chi connectivity index (χ3v) is 4.55. The molecule has 1 atom stereocenters. The molecule has 0 spiro atoms. The number of hydrogen-bond donors (Lipinski definition) is 1. The van der Waals surface area contributed by atoms with Gasteiger partial charge in [-0.2, -0.15) is 13.2 Å². The molecule has 1 saturated heterocycles. The molecule has 1 aliphatic rings. The second-order valence-corrected chi connectivity index (χ2v) is 7.01. The van der Waals surface area contributed by atoms with E-state index in [2.05, 4.69) is 12.3 Å². The Labute approximate surface area is 141 Å². The van der Waals surface area contributed by atoms with Crippen molar-refractivity contribution in [1.29, 1.82) is 0 Å². The van der Waals surface area contributed by atoms with Crippen molar-refractivity contribution in [3.05, 3.63) is 35.4 Å². The molecule has 1 fully saturated rings. The summed E-state index contributed by atoms with van der Waals surface area (Å²) in [6.45, 7) is 5.38. The molecule has 0 aromatic heterocycles. The fourth-order valence-corrected chi connectivity index (χ4v) is 3.18. The van der Waals surface area contributed by atoms with Gasteiger partial charge in [-0.15, -0.1) is 0 Å². The van der Waals surface area contributed by atoms with Gasteiger partial charge in [-0.1, -0.05) is 31.2 Å². The molecule has 1 amide bonds. The van der Waals surface area contributed by atoms with Crippen LogP contribution in [0.5, 0.6) is 0 Å². The van der Waals surface area contributed by atoms with Crippen molar-refractivity contribution in [3.63, 3.8) is 0 Å². The summed E-state index contributed by atoms with van der Waals surface area (Å²) < 4.78 is 40.4. The second-order valence-electron chi connectivity index (χ2n) is 7.01. The fourth-order valence-electron chi connectivity index (χ4n) is 3.18. The van der Waals surface area contributed by atoms with E-state index in [0.717, 1.165) is 17.0 Å². The van der Waals surface area contributed by atoms with Crippen LogP contribution in [0.2, 0.25) is 0 Å². The number of nitrogens with zero attached hydrogens (tertiary/aromatic N) is 1. The highest BCUT2D eigenvalue weighted by Gasteiger charge is 2.51. The first-order valence-electron chi connectivity index (χ1n) is 8.37. The Hall–Kier alpha value is -1.56. The third-order valence-electron chi connectivity index (χ3n) is 4.55. The number of hydrazine groups is 1. The summed E-state index contributed by atoms with van der Waals surface area (Å²) in [7, 11) is 0. The lowest BCUT2D eigenvalue weighted by molar-refractivity contribution is -0.202. The summed E-state index contributed by atoms with van der Waals surface area (Å²) in [6, 6.07) is 6.32. The van der Waals surface area contributed by atoms with Crippen LogP contribution in [0, 0.1) is 0 Å². The van der Waals surface area contributed by atoms with Crippen molar-refractivity contribution in [2.24, 2.45) is 0 Å². The number of halogens is 3. The van der Waals surface area contributed by atoms with Gasteiger partial charge in [0.2, 0.25) is 5.91 Å². The van der Waals surface area contributed by atoms with Gasteiger partial charge in [0.1, 0.15) is 6.04 Å². The van der Waals surface area contributed by atoms with E-state index >= 15 is 0 Å². The minimum Gasteiger partial charge on any atom is -0.288 e. The number of benzene rings is 1. The highest BCUT2D eigenvalue weighted by atomic mass is 19.4. The van der Waals surface area contributed by atoms with E-state index in [1.807, 2.05) is 24.3 Å². The average molecular weight is 342 g/mol. The SMILES string of the molecule is CCc1ccc(CCC[C@H](N2NC(=O)CC2(C)C)C(F)(F)F)cc1. The monoisotopic (exact) mass is 342 g/mol. The molecular formula is C18H25F3N2O. The molecule has 134 valence electrons. The zero-order valence-electron chi connectivity index (χ0n) is 14.4. The van der Waals surface area contributed by atoms with Crippen molar-refractivity contribution >= 4 is 5.91 Å². The van der Waals surface area contributed by atoms with Crippen LogP contribution in [-0.4, -0.2) is 28.7 Å². The Bertz CT molecular complexity index is 567. The number of rotatable bonds is 6. The first-order valence-corrected chi connectivity index (χ1v) is 8.37. The van der Waals surface area contributed by atoms with Gasteiger partial charge in [0.15, 0.2) is 0 Å². The molecule has 1 aromatic carbocycles. The minimum atomic E-state index is -4.37. The Morgan fingerprint density at radius 3 is 2.25 bits per heavy atom. The molecule has 1 aromatic rings. The van der Waals surface area contributed by atoms with Gasteiger partial charge >= 0.3 is 6.18 Å². The summed E-state index contributed by atoms with van der Waals surface area (Å²) in [6.07, 6.45) is -2.38. The molecule has 1 aliphatic heterocycles. The quantitative estimate of drug-likeness (QED) is 0.847. The number of carbonyl (C=O) groups excluding carboxylic acids is 1. The lowest BCUT2D eigenvalue weighted by Crippen LogP contribution is -2.56. The highest BCUT2D eigenvalue weighted by molar-refractivity contribution is 5.78. The van der Waals surface area contributed by atoms with Gasteiger partial charge < -0.3 is 0 Å². The van der Waals surface area contributed by atoms with Gasteiger partial charge in [-0.05, 0) is 50.7 Å². The predicted octanol–water partition coefficient (Wildman–Crippen LogP) is 4.02. The van der Waals surface area contributed by atoms with Crippen LogP contribution in [0.1, 0.15) is 51.2 Å². The maximum absolute atomic E-state index is 13.5. The van der Waals surface area contributed by atoms with E-state index in [1.54, 1.807) is 13.8 Å². The Kier molecular flexibility index (Phi) is 5.58. The summed E-state index contributed by atoms with van der Waals surface area (Å²) in [4.78, 5) is 11.5. The van der Waals surface area contributed by atoms with Crippen molar-refractivity contribution in [2.75, 3.05) is 0 Å². The molecular weight excluding hydrogens is 317 g/mol. The van der Waals surface area contributed by atoms with Crippen molar-refractivity contribution < 1.29 is 18.0 Å². The molecule has 2 rings (SSSR count). The third kappa shape index (κ3) is 4.50. The van der Waals surface area contributed by atoms with E-state index in [-0.39, 0.29) is 18.7 Å². The van der Waals surface area contributed by atoms with Crippen molar-refractivity contribution in [2.45, 2.75) is 70.6 Å². The second kappa shape index (κ2) is 7.13. The standard InChI is InChI=1S/C18H25F3N2O/c1-4-13-8-10-14(11-9-13)6-5-7-15(18(19,20)21)23-17(2,3)12-16(24)22-23/h8-11,15H,4-7,12H2,1-3H3,(H,22,24)/t15-/m0/s1. The summed E-state index contributed by atoms with van der Waals surface area (Å²) in [5.41, 5.74) is 3.81. The number of aryl methyl sites for hydroxylation is 2. The van der Waals surface area contributed by atoms with E-state index in [1.165, 1.54) is 5.56 Å². The van der Waals surface area contributed by atoms with E-state index < -0.39 is 17.8 Å². The molecule has 0 radical (unpaired) electrons. The summed E-state index contributed by atoms with van der Waals surface area (Å²) >= 11 is 0. The van der Waals surface area contributed by atoms with Crippen LogP contribution < -0.4 is 5.43 Å². The summed E-state index contributed by atoms with van der Waals surface area (Å²) in [5, 5.41) is 1.09. The number of hydrogen-bond acceptors (Lipinski definition) is 2. The van der Waals surface area contributed by atoms with Crippen LogP contribution >= 0.6 is 0 Å². The van der Waals surface area contributed by atoms with Crippen LogP contribution in [-0.2, 0) is 17.6 Å². The van der Waals surface area contributed by atoms with Gasteiger partial charge in [0.05, 0.1) is 0 Å². The van der Waals surface area contributed by atoms with Crippen LogP contribution in [0.4, 0.5) is 13.2 Å². The zero-order valence-corrected chi connectivity index (χ0v) is 14.4. The molecule has 24 heavy (non-hydrogen) atoms. The first kappa shape index (κ1) is 18.8. The van der Waals surface area contributed by atoms with Gasteiger partial charge in [0.25, 0.3) is 0 Å². The largest absolute Gasteiger partial charge is 0.405 e. The predicted molar refractivity (Wildman–Crippen MR) is 87.3 cm³/mol. The number of carbonyl (C=O) groups is 1. The Balaban J connectivity index is 2.00. The molecule has 1 N–H and O–H groups in total. The summed E-state index contributed by atoms with van der Waals surface area (Å²) in [5.74, 6) is -0.357. The van der Waals surface area contributed by atoms with E-state index in [4.69, 9.17) is 0 Å². The van der Waals surface area contributed by atoms with Crippen LogP contribution in [0.25, 0.3) is 0 Å². The zero-order chi connectivity index (χ0) is 18.0. The lowest BCUT2D eigenvalue weighted by Gasteiger charge is -2.37. The number of amides is 1. The van der Waals surface area contributed by atoms with Gasteiger partial charge in [-0.3, -0.25) is 10.2 Å². The molecule has 0 bridgehead atoms. The molecule has 6 heteroatoms. The van der Waals surface area contributed by atoms with Gasteiger partial charge in [-0.25, -0.2) is 5.01 Å². The molecule has 3 nitrogen and oxygen atoms in total. The molecule has 0 unspecified atom stereocenters. The normalized spacial score (nSPS) is 19.3. The van der Waals surface area contributed by atoms with E-state index in [9.17, 15) is 18.0 Å². The van der Waals surface area contributed by atoms with Gasteiger partial charge in [0, 0.05) is 12.0 Å². The van der Waals surface area contributed by atoms with Crippen LogP contribution in [0.3, 0.4) is 0 Å². The van der Waals surface area contributed by atoms with Crippen molar-refractivity contribution in [1.82, 2.24) is 10.4 Å². The molecule has 1 heterocycles. The topological polar surface area (TPSA) is 32.3 Å². The lowest BCUT2D eigenvalue weighted by atomic mass is 9.97. The number of alkyl halides is 3. The van der Waals surface area contributed by atoms with E-state index in [0.29, 0.717) is 12.8 Å². The molecule has 0 aliphatic carbocycles. The Morgan fingerprint density at radius 2 is 1.79 bits per heavy atom. The highest BCUT2D eigenvalue weighted by Crippen LogP contribution is 2.35. The number of nitrogens with one attached hydrogen (secondary N) is 1. The minimum absolute atomic E-state index is 0.0389. The average Bonchev–Trinajstić information content (AvgIpc) is 2.75. The Morgan fingerprint density at radius 1 is 1.21 bits per heavy atom. The van der Waals surface area contributed by atoms with Crippen LogP contribution in [0.15, 0.2) is 24.3 Å². The smallest absolute Gasteiger partial charge is 0.288 e. The maximum atomic E-state index is 13.5. The van der Waals surface area contributed by atoms with Crippen molar-refractivity contribution in [3.8, 4) is 0 Å².